The first-order valence-electron chi connectivity index (χ1n) is 8.79. The summed E-state index contributed by atoms with van der Waals surface area (Å²) in [5.41, 5.74) is 2.53. The molecule has 3 aromatic carbocycles. The van der Waals surface area contributed by atoms with Crippen LogP contribution in [0.5, 0.6) is 11.5 Å². The second-order valence-corrected chi connectivity index (χ2v) is 5.97. The Kier molecular flexibility index (Phi) is 7.76. The van der Waals surface area contributed by atoms with E-state index in [0.717, 1.165) is 31.0 Å². The second-order valence-electron chi connectivity index (χ2n) is 5.97. The van der Waals surface area contributed by atoms with Crippen LogP contribution in [0.2, 0.25) is 0 Å². The van der Waals surface area contributed by atoms with E-state index in [1.807, 2.05) is 19.1 Å². The molecule has 1 N–H and O–H groups in total. The summed E-state index contributed by atoms with van der Waals surface area (Å²) in [6.45, 7) is 4.42. The van der Waals surface area contributed by atoms with Gasteiger partial charge in [0.15, 0.2) is 0 Å². The van der Waals surface area contributed by atoms with Crippen LogP contribution in [0.1, 0.15) is 18.1 Å². The minimum atomic E-state index is 0. The monoisotopic (exact) mass is 371 g/mol. The van der Waals surface area contributed by atoms with Gasteiger partial charge in [-0.05, 0) is 54.4 Å². The standard InChI is InChI=1S/C22H25NO2.ClH/c1-3-25-22-13-10-18-6-4-5-7-20(18)21(22)16-23-15-14-17-8-11-19(24-2)12-9-17;/h4-13,23H,3,14-16H2,1-2H3;1H. The zero-order valence-corrected chi connectivity index (χ0v) is 16.1. The highest BCUT2D eigenvalue weighted by atomic mass is 35.5. The van der Waals surface area contributed by atoms with Gasteiger partial charge in [-0.2, -0.15) is 0 Å². The number of rotatable bonds is 8. The van der Waals surface area contributed by atoms with Crippen LogP contribution in [-0.2, 0) is 13.0 Å². The van der Waals surface area contributed by atoms with Gasteiger partial charge >= 0.3 is 0 Å². The van der Waals surface area contributed by atoms with Crippen LogP contribution >= 0.6 is 12.4 Å². The Morgan fingerprint density at radius 1 is 0.923 bits per heavy atom. The van der Waals surface area contributed by atoms with Gasteiger partial charge in [0.25, 0.3) is 0 Å². The van der Waals surface area contributed by atoms with Gasteiger partial charge in [-0.1, -0.05) is 42.5 Å². The zero-order valence-electron chi connectivity index (χ0n) is 15.3. The molecule has 26 heavy (non-hydrogen) atoms. The van der Waals surface area contributed by atoms with Crippen molar-refractivity contribution in [2.75, 3.05) is 20.3 Å². The number of halogens is 1. The Morgan fingerprint density at radius 2 is 1.69 bits per heavy atom. The molecular formula is C22H26ClNO2. The molecule has 0 radical (unpaired) electrons. The topological polar surface area (TPSA) is 30.5 Å². The molecule has 4 heteroatoms. The molecule has 0 spiro atoms. The predicted octanol–water partition coefficient (Wildman–Crippen LogP) is 5.00. The molecule has 0 aliphatic heterocycles. The van der Waals surface area contributed by atoms with Crippen molar-refractivity contribution in [3.63, 3.8) is 0 Å². The molecule has 0 bridgehead atoms. The number of benzene rings is 3. The Bertz CT molecular complexity index is 818. The lowest BCUT2D eigenvalue weighted by Gasteiger charge is -2.14. The highest BCUT2D eigenvalue weighted by Gasteiger charge is 2.08. The van der Waals surface area contributed by atoms with Gasteiger partial charge in [0.1, 0.15) is 11.5 Å². The first kappa shape index (κ1) is 20.1. The van der Waals surface area contributed by atoms with E-state index in [1.54, 1.807) is 7.11 Å². The van der Waals surface area contributed by atoms with E-state index >= 15 is 0 Å². The average molecular weight is 372 g/mol. The van der Waals surface area contributed by atoms with Crippen LogP contribution in [0.15, 0.2) is 60.7 Å². The summed E-state index contributed by atoms with van der Waals surface area (Å²) in [7, 11) is 1.69. The summed E-state index contributed by atoms with van der Waals surface area (Å²) >= 11 is 0. The molecule has 3 aromatic rings. The minimum Gasteiger partial charge on any atom is -0.497 e. The smallest absolute Gasteiger partial charge is 0.124 e. The third-order valence-corrected chi connectivity index (χ3v) is 4.35. The number of hydrogen-bond donors (Lipinski definition) is 1. The van der Waals surface area contributed by atoms with Gasteiger partial charge in [-0.3, -0.25) is 0 Å². The number of fused-ring (bicyclic) bond motifs is 1. The molecule has 0 saturated heterocycles. The third kappa shape index (κ3) is 4.90. The van der Waals surface area contributed by atoms with Crippen molar-refractivity contribution in [3.05, 3.63) is 71.8 Å². The lowest BCUT2D eigenvalue weighted by molar-refractivity contribution is 0.336. The molecule has 0 fully saturated rings. The Labute approximate surface area is 161 Å². The van der Waals surface area contributed by atoms with Gasteiger partial charge in [0.05, 0.1) is 13.7 Å². The van der Waals surface area contributed by atoms with E-state index in [4.69, 9.17) is 9.47 Å². The Balaban J connectivity index is 0.00000243. The Morgan fingerprint density at radius 3 is 2.42 bits per heavy atom. The average Bonchev–Trinajstić information content (AvgIpc) is 2.67. The largest absolute Gasteiger partial charge is 0.497 e. The van der Waals surface area contributed by atoms with E-state index < -0.39 is 0 Å². The van der Waals surface area contributed by atoms with Crippen molar-refractivity contribution in [3.8, 4) is 11.5 Å². The van der Waals surface area contributed by atoms with Gasteiger partial charge < -0.3 is 14.8 Å². The molecule has 0 amide bonds. The zero-order chi connectivity index (χ0) is 17.5. The molecule has 0 aromatic heterocycles. The summed E-state index contributed by atoms with van der Waals surface area (Å²) in [5, 5.41) is 6.06. The van der Waals surface area contributed by atoms with Crippen molar-refractivity contribution in [1.29, 1.82) is 0 Å². The number of methoxy groups -OCH3 is 1. The molecule has 0 atom stereocenters. The van der Waals surface area contributed by atoms with Crippen molar-refractivity contribution < 1.29 is 9.47 Å². The molecule has 0 aliphatic rings. The summed E-state index contributed by atoms with van der Waals surface area (Å²) in [4.78, 5) is 0. The maximum atomic E-state index is 5.83. The molecule has 0 saturated carbocycles. The summed E-state index contributed by atoms with van der Waals surface area (Å²) < 4.78 is 11.0. The number of nitrogens with one attached hydrogen (secondary N) is 1. The molecule has 0 unspecified atom stereocenters. The Hall–Kier alpha value is -2.23. The molecule has 3 rings (SSSR count). The first-order chi connectivity index (χ1) is 12.3. The van der Waals surface area contributed by atoms with Crippen LogP contribution < -0.4 is 14.8 Å². The van der Waals surface area contributed by atoms with E-state index in [-0.39, 0.29) is 12.4 Å². The fourth-order valence-electron chi connectivity index (χ4n) is 3.03. The molecule has 0 aliphatic carbocycles. The van der Waals surface area contributed by atoms with Crippen LogP contribution in [0.25, 0.3) is 10.8 Å². The van der Waals surface area contributed by atoms with Crippen molar-refractivity contribution >= 4 is 23.2 Å². The fraction of sp³-hybridized carbons (Fsp3) is 0.273. The molecular weight excluding hydrogens is 346 g/mol. The van der Waals surface area contributed by atoms with Crippen molar-refractivity contribution in [2.24, 2.45) is 0 Å². The maximum absolute atomic E-state index is 5.83. The van der Waals surface area contributed by atoms with Crippen LogP contribution in [0.3, 0.4) is 0 Å². The minimum absolute atomic E-state index is 0. The van der Waals surface area contributed by atoms with E-state index in [9.17, 15) is 0 Å². The van der Waals surface area contributed by atoms with Crippen molar-refractivity contribution in [1.82, 2.24) is 5.32 Å². The molecule has 0 heterocycles. The highest BCUT2D eigenvalue weighted by molar-refractivity contribution is 5.87. The van der Waals surface area contributed by atoms with Crippen LogP contribution in [0.4, 0.5) is 0 Å². The summed E-state index contributed by atoms with van der Waals surface area (Å²) in [5.74, 6) is 1.87. The number of ether oxygens (including phenoxy) is 2. The van der Waals surface area contributed by atoms with Crippen molar-refractivity contribution in [2.45, 2.75) is 19.9 Å². The van der Waals surface area contributed by atoms with E-state index in [1.165, 1.54) is 21.9 Å². The summed E-state index contributed by atoms with van der Waals surface area (Å²) in [6.07, 6.45) is 0.985. The van der Waals surface area contributed by atoms with Crippen LogP contribution in [-0.4, -0.2) is 20.3 Å². The van der Waals surface area contributed by atoms with Gasteiger partial charge in [0.2, 0.25) is 0 Å². The van der Waals surface area contributed by atoms with E-state index in [0.29, 0.717) is 6.61 Å². The molecule has 138 valence electrons. The van der Waals surface area contributed by atoms with Gasteiger partial charge in [0, 0.05) is 12.1 Å². The van der Waals surface area contributed by atoms with Crippen LogP contribution in [0, 0.1) is 0 Å². The lowest BCUT2D eigenvalue weighted by atomic mass is 10.0. The normalized spacial score (nSPS) is 10.4. The van der Waals surface area contributed by atoms with Gasteiger partial charge in [-0.25, -0.2) is 0 Å². The second kappa shape index (κ2) is 10.0. The summed E-state index contributed by atoms with van der Waals surface area (Å²) in [6, 6.07) is 20.9. The maximum Gasteiger partial charge on any atom is 0.124 e. The predicted molar refractivity (Wildman–Crippen MR) is 111 cm³/mol. The third-order valence-electron chi connectivity index (χ3n) is 4.35. The van der Waals surface area contributed by atoms with E-state index in [2.05, 4.69) is 53.8 Å². The molecule has 3 nitrogen and oxygen atoms in total. The quantitative estimate of drug-likeness (QED) is 0.565. The fourth-order valence-corrected chi connectivity index (χ4v) is 3.03. The number of hydrogen-bond acceptors (Lipinski definition) is 3. The highest BCUT2D eigenvalue weighted by Crippen LogP contribution is 2.28. The SMILES string of the molecule is CCOc1ccc2ccccc2c1CNCCc1ccc(OC)cc1.Cl. The lowest BCUT2D eigenvalue weighted by Crippen LogP contribution is -2.17. The van der Waals surface area contributed by atoms with Gasteiger partial charge in [-0.15, -0.1) is 12.4 Å². The first-order valence-corrected chi connectivity index (χ1v) is 8.79.